The number of nitrogens with one attached hydrogen (secondary N) is 3. The van der Waals surface area contributed by atoms with E-state index in [0.29, 0.717) is 31.8 Å². The van der Waals surface area contributed by atoms with Crippen molar-refractivity contribution in [2.24, 2.45) is 5.73 Å². The summed E-state index contributed by atoms with van der Waals surface area (Å²) in [5.41, 5.74) is 10.1. The number of rotatable bonds is 11. The fourth-order valence-corrected chi connectivity index (χ4v) is 4.03. The third-order valence-corrected chi connectivity index (χ3v) is 6.00. The average Bonchev–Trinajstić information content (AvgIpc) is 3.26. The number of fused-ring (bicyclic) bond motifs is 1. The molecule has 0 aliphatic carbocycles. The smallest absolute Gasteiger partial charge is 0.294 e. The number of hydrogen-bond acceptors (Lipinski definition) is 6. The molecule has 196 valence electrons. The second-order valence-electron chi connectivity index (χ2n) is 8.75. The van der Waals surface area contributed by atoms with Gasteiger partial charge in [0, 0.05) is 48.5 Å². The Morgan fingerprint density at radius 1 is 1.16 bits per heavy atom. The van der Waals surface area contributed by atoms with Crippen LogP contribution in [0.2, 0.25) is 0 Å². The molecule has 2 aromatic heterocycles. The maximum absolute atomic E-state index is 13.2. The lowest BCUT2D eigenvalue weighted by molar-refractivity contribution is -0.121. The van der Waals surface area contributed by atoms with Crippen molar-refractivity contribution < 1.29 is 9.53 Å². The molecule has 1 atom stereocenters. The normalized spacial score (nSPS) is 11.6. The van der Waals surface area contributed by atoms with Gasteiger partial charge >= 0.3 is 0 Å². The number of anilines is 1. The van der Waals surface area contributed by atoms with Gasteiger partial charge in [-0.2, -0.15) is 0 Å². The van der Waals surface area contributed by atoms with Crippen LogP contribution in [0, 0.1) is 13.8 Å². The number of aryl methyl sites for hydroxylation is 2. The van der Waals surface area contributed by atoms with E-state index >= 15 is 0 Å². The Balaban J connectivity index is 0.00000380. The Morgan fingerprint density at radius 2 is 1.95 bits per heavy atom. The quantitative estimate of drug-likeness (QED) is 0.223. The van der Waals surface area contributed by atoms with Crippen molar-refractivity contribution in [1.82, 2.24) is 19.9 Å². The van der Waals surface area contributed by atoms with Gasteiger partial charge in [0.25, 0.3) is 5.56 Å². The van der Waals surface area contributed by atoms with Crippen LogP contribution in [0.15, 0.2) is 65.7 Å². The van der Waals surface area contributed by atoms with Crippen molar-refractivity contribution in [2.45, 2.75) is 39.6 Å². The first-order valence-electron chi connectivity index (χ1n) is 12.0. The lowest BCUT2D eigenvalue weighted by Gasteiger charge is -2.20. The first-order valence-corrected chi connectivity index (χ1v) is 12.0. The highest BCUT2D eigenvalue weighted by atomic mass is 35.5. The molecule has 0 fully saturated rings. The molecule has 0 aliphatic rings. The molecule has 0 spiro atoms. The highest BCUT2D eigenvalue weighted by molar-refractivity contribution is 5.85. The monoisotopic (exact) mass is 524 g/mol. The molecule has 2 heterocycles. The summed E-state index contributed by atoms with van der Waals surface area (Å²) in [7, 11) is 0. The van der Waals surface area contributed by atoms with Gasteiger partial charge < -0.3 is 26.1 Å². The number of nitrogens with two attached hydrogens (primary N) is 1. The van der Waals surface area contributed by atoms with E-state index < -0.39 is 6.23 Å². The Labute approximate surface area is 221 Å². The fraction of sp³-hybridized carbons (Fsp3) is 0.296. The van der Waals surface area contributed by atoms with E-state index in [2.05, 4.69) is 26.7 Å². The SMILES string of the molecule is Cc1c[nH]c2ccc(CNC(=O)Cn3c(C)cnc(NC(Cc4ccccc4)OCCN)c3=O)cc12.Cl. The van der Waals surface area contributed by atoms with Crippen LogP contribution in [0.5, 0.6) is 0 Å². The third kappa shape index (κ3) is 7.19. The molecule has 0 radical (unpaired) electrons. The lowest BCUT2D eigenvalue weighted by atomic mass is 10.1. The maximum atomic E-state index is 13.2. The Hall–Kier alpha value is -3.66. The number of amides is 1. The minimum absolute atomic E-state index is 0. The van der Waals surface area contributed by atoms with Gasteiger partial charge in [0.15, 0.2) is 5.82 Å². The van der Waals surface area contributed by atoms with Crippen molar-refractivity contribution in [3.63, 3.8) is 0 Å². The number of carbonyl (C=O) groups is 1. The number of ether oxygens (including phenoxy) is 1. The Morgan fingerprint density at radius 3 is 2.70 bits per heavy atom. The molecule has 5 N–H and O–H groups in total. The second kappa shape index (κ2) is 13.0. The van der Waals surface area contributed by atoms with Crippen molar-refractivity contribution in [3.05, 3.63) is 93.7 Å². The summed E-state index contributed by atoms with van der Waals surface area (Å²) in [6.45, 7) is 4.74. The van der Waals surface area contributed by atoms with Gasteiger partial charge in [-0.15, -0.1) is 12.4 Å². The number of aromatic nitrogens is 3. The van der Waals surface area contributed by atoms with Crippen LogP contribution in [-0.2, 0) is 29.0 Å². The van der Waals surface area contributed by atoms with Crippen LogP contribution in [0.1, 0.15) is 22.4 Å². The first kappa shape index (κ1) is 27.9. The van der Waals surface area contributed by atoms with Gasteiger partial charge in [-0.25, -0.2) is 4.98 Å². The average molecular weight is 525 g/mol. The molecule has 4 aromatic rings. The Kier molecular flexibility index (Phi) is 9.85. The minimum atomic E-state index is -0.493. The van der Waals surface area contributed by atoms with E-state index in [1.54, 1.807) is 13.1 Å². The molecule has 2 aromatic carbocycles. The first-order chi connectivity index (χ1) is 17.4. The number of nitrogens with zero attached hydrogens (tertiary/aromatic N) is 2. The van der Waals surface area contributed by atoms with Gasteiger partial charge in [-0.3, -0.25) is 14.2 Å². The van der Waals surface area contributed by atoms with E-state index in [-0.39, 0.29) is 36.2 Å². The molecular formula is C27H33ClN6O3. The van der Waals surface area contributed by atoms with Crippen molar-refractivity contribution in [1.29, 1.82) is 0 Å². The molecule has 0 saturated carbocycles. The topological polar surface area (TPSA) is 127 Å². The number of aromatic amines is 1. The molecule has 1 amide bonds. The van der Waals surface area contributed by atoms with Crippen molar-refractivity contribution in [3.8, 4) is 0 Å². The zero-order valence-electron chi connectivity index (χ0n) is 21.0. The van der Waals surface area contributed by atoms with Crippen molar-refractivity contribution in [2.75, 3.05) is 18.5 Å². The van der Waals surface area contributed by atoms with Crippen molar-refractivity contribution >= 4 is 35.0 Å². The zero-order chi connectivity index (χ0) is 25.5. The van der Waals surface area contributed by atoms with Crippen LogP contribution >= 0.6 is 12.4 Å². The summed E-state index contributed by atoms with van der Waals surface area (Å²) in [6, 6.07) is 15.8. The summed E-state index contributed by atoms with van der Waals surface area (Å²) >= 11 is 0. The standard InChI is InChI=1S/C27H32N6O3.ClH/c1-18-14-29-23-9-8-21(12-22(18)23)16-30-24(34)17-33-19(2)15-31-26(27(33)35)32-25(36-11-10-28)13-20-6-4-3-5-7-20;/h3-9,12,14-15,25,29H,10-11,13,16-17,28H2,1-2H3,(H,30,34)(H,31,32);1H. The van der Waals surface area contributed by atoms with Gasteiger partial charge in [-0.05, 0) is 42.7 Å². The lowest BCUT2D eigenvalue weighted by Crippen LogP contribution is -2.37. The summed E-state index contributed by atoms with van der Waals surface area (Å²) in [5.74, 6) is -0.136. The predicted octanol–water partition coefficient (Wildman–Crippen LogP) is 3.04. The zero-order valence-corrected chi connectivity index (χ0v) is 21.8. The molecular weight excluding hydrogens is 492 g/mol. The van der Waals surface area contributed by atoms with Gasteiger partial charge in [-0.1, -0.05) is 36.4 Å². The number of carbonyl (C=O) groups excluding carboxylic acids is 1. The van der Waals surface area contributed by atoms with Crippen LogP contribution in [0.3, 0.4) is 0 Å². The van der Waals surface area contributed by atoms with E-state index in [4.69, 9.17) is 10.5 Å². The van der Waals surface area contributed by atoms with E-state index in [0.717, 1.165) is 27.6 Å². The molecule has 0 saturated heterocycles. The summed E-state index contributed by atoms with van der Waals surface area (Å²) in [4.78, 5) is 33.4. The molecule has 9 nitrogen and oxygen atoms in total. The number of H-pyrrole nitrogens is 1. The Bertz CT molecular complexity index is 1390. The fourth-order valence-electron chi connectivity index (χ4n) is 4.03. The predicted molar refractivity (Wildman–Crippen MR) is 148 cm³/mol. The number of hydrogen-bond donors (Lipinski definition) is 4. The molecule has 37 heavy (non-hydrogen) atoms. The van der Waals surface area contributed by atoms with Crippen LogP contribution < -0.4 is 21.9 Å². The van der Waals surface area contributed by atoms with Gasteiger partial charge in [0.1, 0.15) is 12.8 Å². The number of benzene rings is 2. The summed E-state index contributed by atoms with van der Waals surface area (Å²) < 4.78 is 7.23. The summed E-state index contributed by atoms with van der Waals surface area (Å²) in [6.07, 6.45) is 3.57. The van der Waals surface area contributed by atoms with Crippen LogP contribution in [-0.4, -0.2) is 39.8 Å². The largest absolute Gasteiger partial charge is 0.361 e. The molecule has 1 unspecified atom stereocenters. The molecule has 4 rings (SSSR count). The second-order valence-corrected chi connectivity index (χ2v) is 8.75. The van der Waals surface area contributed by atoms with E-state index in [9.17, 15) is 9.59 Å². The third-order valence-electron chi connectivity index (χ3n) is 6.00. The van der Waals surface area contributed by atoms with Crippen LogP contribution in [0.25, 0.3) is 10.9 Å². The summed E-state index contributed by atoms with van der Waals surface area (Å²) in [5, 5.41) is 7.13. The minimum Gasteiger partial charge on any atom is -0.361 e. The van der Waals surface area contributed by atoms with Crippen LogP contribution in [0.4, 0.5) is 5.82 Å². The van der Waals surface area contributed by atoms with E-state index in [1.165, 1.54) is 4.57 Å². The highest BCUT2D eigenvalue weighted by Crippen LogP contribution is 2.19. The molecule has 0 aliphatic heterocycles. The van der Waals surface area contributed by atoms with Gasteiger partial charge in [0.2, 0.25) is 5.91 Å². The van der Waals surface area contributed by atoms with Gasteiger partial charge in [0.05, 0.1) is 6.61 Å². The number of halogens is 1. The molecule has 0 bridgehead atoms. The maximum Gasteiger partial charge on any atom is 0.294 e. The van der Waals surface area contributed by atoms with E-state index in [1.807, 2.05) is 55.6 Å². The molecule has 10 heteroatoms. The highest BCUT2D eigenvalue weighted by Gasteiger charge is 2.16.